The fraction of sp³-hybridized carbons (Fsp3) is 0.238. The lowest BCUT2D eigenvalue weighted by Crippen LogP contribution is -2.28. The van der Waals surface area contributed by atoms with Gasteiger partial charge in [0.1, 0.15) is 0 Å². The Morgan fingerprint density at radius 1 is 1.12 bits per heavy atom. The third-order valence-electron chi connectivity index (χ3n) is 4.58. The number of hydrogen-bond donors (Lipinski definition) is 0. The second kappa shape index (κ2) is 6.08. The van der Waals surface area contributed by atoms with Gasteiger partial charge >= 0.3 is 0 Å². The summed E-state index contributed by atoms with van der Waals surface area (Å²) in [6, 6.07) is 13.8. The van der Waals surface area contributed by atoms with E-state index in [2.05, 4.69) is 19.9 Å². The highest BCUT2D eigenvalue weighted by atomic mass is 35.5. The number of aromatic nitrogens is 1. The molecule has 3 aromatic rings. The number of pyridine rings is 1. The van der Waals surface area contributed by atoms with Crippen molar-refractivity contribution in [3.8, 4) is 21.7 Å². The first-order chi connectivity index (χ1) is 11.9. The summed E-state index contributed by atoms with van der Waals surface area (Å²) in [6.45, 7) is 4.27. The molecule has 2 nitrogen and oxygen atoms in total. The van der Waals surface area contributed by atoms with E-state index in [-0.39, 0.29) is 11.2 Å². The topological polar surface area (TPSA) is 30.0 Å². The molecular formula is C21H18ClNOS. The summed E-state index contributed by atoms with van der Waals surface area (Å²) in [5.74, 6) is 0.199. The molecule has 0 aliphatic heterocycles. The van der Waals surface area contributed by atoms with Gasteiger partial charge in [-0.15, -0.1) is 11.3 Å². The van der Waals surface area contributed by atoms with Crippen LogP contribution in [0.1, 0.15) is 36.3 Å². The van der Waals surface area contributed by atoms with Crippen LogP contribution >= 0.6 is 22.9 Å². The minimum atomic E-state index is -0.0532. The summed E-state index contributed by atoms with van der Waals surface area (Å²) in [5, 5.41) is 2.75. The smallest absolute Gasteiger partial charge is 0.165 e. The maximum Gasteiger partial charge on any atom is 0.165 e. The first-order valence-corrected chi connectivity index (χ1v) is 9.56. The summed E-state index contributed by atoms with van der Waals surface area (Å²) >= 11 is 7.68. The van der Waals surface area contributed by atoms with Crippen LogP contribution in [-0.2, 0) is 6.42 Å². The molecule has 1 aromatic carbocycles. The number of nitrogens with zero attached hydrogens (tertiary/aromatic N) is 1. The molecule has 0 spiro atoms. The molecule has 1 aliphatic carbocycles. The fourth-order valence-corrected chi connectivity index (χ4v) is 4.35. The van der Waals surface area contributed by atoms with Gasteiger partial charge in [0, 0.05) is 33.0 Å². The molecular weight excluding hydrogens is 350 g/mol. The zero-order valence-corrected chi connectivity index (χ0v) is 15.7. The third kappa shape index (κ3) is 3.14. The van der Waals surface area contributed by atoms with E-state index >= 15 is 0 Å². The lowest BCUT2D eigenvalue weighted by atomic mass is 9.74. The monoisotopic (exact) mass is 367 g/mol. The number of benzene rings is 1. The highest BCUT2D eigenvalue weighted by Gasteiger charge is 2.34. The van der Waals surface area contributed by atoms with E-state index in [1.165, 1.54) is 0 Å². The van der Waals surface area contributed by atoms with Gasteiger partial charge in [-0.1, -0.05) is 43.6 Å². The van der Waals surface area contributed by atoms with Crippen LogP contribution in [0.3, 0.4) is 0 Å². The van der Waals surface area contributed by atoms with Crippen molar-refractivity contribution in [3.05, 3.63) is 64.1 Å². The number of rotatable bonds is 2. The Hall–Kier alpha value is -1.97. The zero-order chi connectivity index (χ0) is 17.6. The number of ketones is 1. The van der Waals surface area contributed by atoms with Gasteiger partial charge in [-0.2, -0.15) is 0 Å². The minimum absolute atomic E-state index is 0.0532. The van der Waals surface area contributed by atoms with Crippen LogP contribution in [0.5, 0.6) is 0 Å². The maximum absolute atomic E-state index is 12.9. The van der Waals surface area contributed by atoms with Crippen molar-refractivity contribution >= 4 is 28.7 Å². The van der Waals surface area contributed by atoms with Gasteiger partial charge in [0.05, 0.1) is 11.4 Å². The van der Waals surface area contributed by atoms with Gasteiger partial charge < -0.3 is 0 Å². The number of Topliss-reactive ketones (excluding diaryl/α,β-unsaturated/α-hetero) is 1. The van der Waals surface area contributed by atoms with Crippen molar-refractivity contribution in [2.45, 2.75) is 26.7 Å². The number of carbonyl (C=O) groups excluding carboxylic acids is 1. The van der Waals surface area contributed by atoms with E-state index in [4.69, 9.17) is 16.6 Å². The van der Waals surface area contributed by atoms with E-state index in [1.807, 2.05) is 41.8 Å². The predicted molar refractivity (Wildman–Crippen MR) is 104 cm³/mol. The van der Waals surface area contributed by atoms with Gasteiger partial charge in [-0.05, 0) is 41.5 Å². The van der Waals surface area contributed by atoms with Crippen molar-refractivity contribution in [1.82, 2.24) is 4.98 Å². The van der Waals surface area contributed by atoms with Gasteiger partial charge in [0.25, 0.3) is 0 Å². The van der Waals surface area contributed by atoms with E-state index in [1.54, 1.807) is 11.3 Å². The first-order valence-electron chi connectivity index (χ1n) is 8.30. The molecule has 1 aliphatic rings. The zero-order valence-electron chi connectivity index (χ0n) is 14.2. The van der Waals surface area contributed by atoms with Crippen LogP contribution in [-0.4, -0.2) is 10.8 Å². The number of hydrogen-bond acceptors (Lipinski definition) is 3. The Morgan fingerprint density at radius 3 is 2.56 bits per heavy atom. The molecule has 0 amide bonds. The molecule has 0 saturated heterocycles. The van der Waals surface area contributed by atoms with Crippen molar-refractivity contribution in [3.63, 3.8) is 0 Å². The number of halogens is 1. The van der Waals surface area contributed by atoms with Gasteiger partial charge in [0.15, 0.2) is 5.78 Å². The van der Waals surface area contributed by atoms with Crippen molar-refractivity contribution in [2.24, 2.45) is 5.41 Å². The Labute approximate surface area is 156 Å². The summed E-state index contributed by atoms with van der Waals surface area (Å²) in [5.41, 5.74) is 4.58. The standard InChI is InChI=1S/C21H18ClNOS/c1-21(2)11-17-20(18(24)12-21)15(19-4-3-9-25-19)10-16(23-17)13-5-7-14(22)8-6-13/h3-10H,11-12H2,1-2H3. The normalized spacial score (nSPS) is 15.9. The quantitative estimate of drug-likeness (QED) is 0.533. The van der Waals surface area contributed by atoms with Crippen molar-refractivity contribution in [1.29, 1.82) is 0 Å². The van der Waals surface area contributed by atoms with Crippen LogP contribution in [0, 0.1) is 5.41 Å². The molecule has 0 unspecified atom stereocenters. The van der Waals surface area contributed by atoms with Gasteiger partial charge in [-0.25, -0.2) is 0 Å². The first kappa shape index (κ1) is 16.5. The van der Waals surface area contributed by atoms with Crippen molar-refractivity contribution < 1.29 is 4.79 Å². The average Bonchev–Trinajstić information content (AvgIpc) is 3.07. The average molecular weight is 368 g/mol. The van der Waals surface area contributed by atoms with Crippen LogP contribution in [0.15, 0.2) is 47.8 Å². The number of thiophene rings is 1. The highest BCUT2D eigenvalue weighted by Crippen LogP contribution is 2.41. The lowest BCUT2D eigenvalue weighted by Gasteiger charge is -2.31. The molecule has 126 valence electrons. The molecule has 25 heavy (non-hydrogen) atoms. The van der Waals surface area contributed by atoms with Crippen LogP contribution in [0.2, 0.25) is 5.02 Å². The Balaban J connectivity index is 1.95. The lowest BCUT2D eigenvalue weighted by molar-refractivity contribution is 0.0911. The number of fused-ring (bicyclic) bond motifs is 1. The molecule has 0 bridgehead atoms. The minimum Gasteiger partial charge on any atom is -0.294 e. The molecule has 2 heterocycles. The SMILES string of the molecule is CC1(C)CC(=O)c2c(-c3cccs3)cc(-c3ccc(Cl)cc3)nc2C1. The Morgan fingerprint density at radius 2 is 1.88 bits per heavy atom. The van der Waals surface area contributed by atoms with Gasteiger partial charge in [0.2, 0.25) is 0 Å². The summed E-state index contributed by atoms with van der Waals surface area (Å²) in [6.07, 6.45) is 1.38. The molecule has 4 heteroatoms. The maximum atomic E-state index is 12.9. The van der Waals surface area contributed by atoms with E-state index in [0.29, 0.717) is 11.4 Å². The Kier molecular flexibility index (Phi) is 4.01. The van der Waals surface area contributed by atoms with E-state index in [0.717, 1.165) is 39.4 Å². The number of carbonyl (C=O) groups is 1. The molecule has 0 atom stereocenters. The highest BCUT2D eigenvalue weighted by molar-refractivity contribution is 7.13. The largest absolute Gasteiger partial charge is 0.294 e. The predicted octanol–water partition coefficient (Wildman–Crippen LogP) is 6.29. The molecule has 0 fully saturated rings. The van der Waals surface area contributed by atoms with Crippen LogP contribution in [0.25, 0.3) is 21.7 Å². The fourth-order valence-electron chi connectivity index (χ4n) is 3.47. The second-order valence-electron chi connectivity index (χ2n) is 7.30. The molecule has 0 radical (unpaired) electrons. The van der Waals surface area contributed by atoms with E-state index < -0.39 is 0 Å². The molecule has 4 rings (SSSR count). The summed E-state index contributed by atoms with van der Waals surface area (Å²) < 4.78 is 0. The molecule has 0 saturated carbocycles. The van der Waals surface area contributed by atoms with Crippen LogP contribution in [0.4, 0.5) is 0 Å². The third-order valence-corrected chi connectivity index (χ3v) is 5.74. The summed E-state index contributed by atoms with van der Waals surface area (Å²) in [4.78, 5) is 18.8. The second-order valence-corrected chi connectivity index (χ2v) is 8.69. The van der Waals surface area contributed by atoms with Crippen LogP contribution < -0.4 is 0 Å². The van der Waals surface area contributed by atoms with E-state index in [9.17, 15) is 4.79 Å². The summed E-state index contributed by atoms with van der Waals surface area (Å²) in [7, 11) is 0. The molecule has 0 N–H and O–H groups in total. The molecule has 2 aromatic heterocycles. The van der Waals surface area contributed by atoms with Crippen molar-refractivity contribution in [2.75, 3.05) is 0 Å². The van der Waals surface area contributed by atoms with Gasteiger partial charge in [-0.3, -0.25) is 9.78 Å². The Bertz CT molecular complexity index is 943.